The lowest BCUT2D eigenvalue weighted by Gasteiger charge is -2.29. The predicted octanol–water partition coefficient (Wildman–Crippen LogP) is 0.125. The maximum absolute atomic E-state index is 9.53. The molecule has 0 aromatic rings. The van der Waals surface area contributed by atoms with Gasteiger partial charge in [-0.2, -0.15) is 0 Å². The highest BCUT2D eigenvalue weighted by atomic mass is 16.3. The second-order valence-electron chi connectivity index (χ2n) is 5.99. The van der Waals surface area contributed by atoms with Crippen LogP contribution in [0.25, 0.3) is 0 Å². The van der Waals surface area contributed by atoms with Crippen LogP contribution in [0.4, 0.5) is 0 Å². The molecular formula is C13H27N3O. The molecule has 0 bridgehead atoms. The smallest absolute Gasteiger partial charge is 0.0613 e. The molecule has 1 aliphatic carbocycles. The van der Waals surface area contributed by atoms with Gasteiger partial charge in [0.25, 0.3) is 0 Å². The highest BCUT2D eigenvalue weighted by Gasteiger charge is 2.41. The summed E-state index contributed by atoms with van der Waals surface area (Å²) in [6.07, 6.45) is 4.71. The van der Waals surface area contributed by atoms with E-state index in [4.69, 9.17) is 0 Å². The van der Waals surface area contributed by atoms with Gasteiger partial charge >= 0.3 is 0 Å². The molecule has 2 fully saturated rings. The van der Waals surface area contributed by atoms with Gasteiger partial charge in [-0.1, -0.05) is 0 Å². The van der Waals surface area contributed by atoms with Gasteiger partial charge in [-0.05, 0) is 46.8 Å². The first-order valence-corrected chi connectivity index (χ1v) is 6.80. The largest absolute Gasteiger partial charge is 0.394 e. The first-order chi connectivity index (χ1) is 8.10. The van der Waals surface area contributed by atoms with Crippen molar-refractivity contribution >= 4 is 0 Å². The van der Waals surface area contributed by atoms with E-state index in [1.807, 2.05) is 7.05 Å². The van der Waals surface area contributed by atoms with Gasteiger partial charge in [0, 0.05) is 30.7 Å². The van der Waals surface area contributed by atoms with Crippen molar-refractivity contribution in [3.05, 3.63) is 0 Å². The van der Waals surface area contributed by atoms with Gasteiger partial charge in [0.05, 0.1) is 6.61 Å². The zero-order valence-electron chi connectivity index (χ0n) is 11.4. The van der Waals surface area contributed by atoms with E-state index in [9.17, 15) is 5.11 Å². The van der Waals surface area contributed by atoms with Crippen molar-refractivity contribution in [3.8, 4) is 0 Å². The number of nitrogens with one attached hydrogen (secondary N) is 1. The Labute approximate surface area is 105 Å². The van der Waals surface area contributed by atoms with Crippen molar-refractivity contribution in [2.45, 2.75) is 43.3 Å². The molecule has 0 spiro atoms. The van der Waals surface area contributed by atoms with Crippen LogP contribution in [-0.2, 0) is 0 Å². The molecule has 2 aliphatic rings. The molecule has 1 heterocycles. The van der Waals surface area contributed by atoms with Crippen LogP contribution >= 0.6 is 0 Å². The molecule has 0 radical (unpaired) electrons. The van der Waals surface area contributed by atoms with Crippen molar-refractivity contribution in [2.75, 3.05) is 40.8 Å². The Kier molecular flexibility index (Phi) is 4.08. The van der Waals surface area contributed by atoms with Gasteiger partial charge < -0.3 is 15.3 Å². The lowest BCUT2D eigenvalue weighted by Crippen LogP contribution is -2.46. The van der Waals surface area contributed by atoms with E-state index in [1.165, 1.54) is 25.9 Å². The van der Waals surface area contributed by atoms with Crippen LogP contribution in [0, 0.1) is 0 Å². The Morgan fingerprint density at radius 1 is 1.41 bits per heavy atom. The number of aliphatic hydroxyl groups is 1. The highest BCUT2D eigenvalue weighted by molar-refractivity contribution is 5.00. The van der Waals surface area contributed by atoms with E-state index < -0.39 is 0 Å². The minimum absolute atomic E-state index is 0.0130. The minimum Gasteiger partial charge on any atom is -0.394 e. The van der Waals surface area contributed by atoms with Crippen LogP contribution in [0.3, 0.4) is 0 Å². The third-order valence-electron chi connectivity index (χ3n) is 4.86. The molecular weight excluding hydrogens is 214 g/mol. The molecule has 4 heteroatoms. The second-order valence-corrected chi connectivity index (χ2v) is 5.99. The summed E-state index contributed by atoms with van der Waals surface area (Å²) in [7, 11) is 6.33. The summed E-state index contributed by atoms with van der Waals surface area (Å²) in [6, 6.07) is 1.38. The number of likely N-dealkylation sites (N-methyl/N-ethyl adjacent to an activating group) is 2. The second kappa shape index (κ2) is 5.22. The molecule has 1 saturated heterocycles. The fourth-order valence-corrected chi connectivity index (χ4v) is 3.38. The molecule has 0 aromatic heterocycles. The first kappa shape index (κ1) is 13.3. The fraction of sp³-hybridized carbons (Fsp3) is 1.00. The normalized spacial score (nSPS) is 39.4. The average molecular weight is 241 g/mol. The minimum atomic E-state index is -0.0130. The standard InChI is InChI=1S/C13H27N3O/c1-14-13(10-17)6-4-11(8-13)16-7-5-12(9-16)15(2)3/h11-12,14,17H,4-10H2,1-3H3. The van der Waals surface area contributed by atoms with E-state index in [1.54, 1.807) is 0 Å². The molecule has 1 aliphatic heterocycles. The van der Waals surface area contributed by atoms with Crippen molar-refractivity contribution in [1.29, 1.82) is 0 Å². The maximum Gasteiger partial charge on any atom is 0.0613 e. The zero-order valence-corrected chi connectivity index (χ0v) is 11.4. The maximum atomic E-state index is 9.53. The molecule has 0 aromatic carbocycles. The molecule has 17 heavy (non-hydrogen) atoms. The van der Waals surface area contributed by atoms with Gasteiger partial charge in [0.2, 0.25) is 0 Å². The Morgan fingerprint density at radius 2 is 2.18 bits per heavy atom. The van der Waals surface area contributed by atoms with Crippen LogP contribution in [0.5, 0.6) is 0 Å². The number of hydrogen-bond donors (Lipinski definition) is 2. The number of nitrogens with zero attached hydrogens (tertiary/aromatic N) is 2. The summed E-state index contributed by atoms with van der Waals surface area (Å²) in [4.78, 5) is 4.96. The molecule has 4 nitrogen and oxygen atoms in total. The Balaban J connectivity index is 1.89. The lowest BCUT2D eigenvalue weighted by atomic mass is 9.99. The first-order valence-electron chi connectivity index (χ1n) is 6.80. The molecule has 2 rings (SSSR count). The van der Waals surface area contributed by atoms with Crippen molar-refractivity contribution in [1.82, 2.24) is 15.1 Å². The van der Waals surface area contributed by atoms with Gasteiger partial charge in [-0.15, -0.1) is 0 Å². The Morgan fingerprint density at radius 3 is 2.65 bits per heavy atom. The summed E-state index contributed by atoms with van der Waals surface area (Å²) in [5.74, 6) is 0. The third kappa shape index (κ3) is 2.65. The van der Waals surface area contributed by atoms with Crippen LogP contribution in [0.1, 0.15) is 25.7 Å². The van der Waals surface area contributed by atoms with Crippen LogP contribution in [0.15, 0.2) is 0 Å². The van der Waals surface area contributed by atoms with Crippen LogP contribution in [0.2, 0.25) is 0 Å². The molecule has 2 N–H and O–H groups in total. The number of hydrogen-bond acceptors (Lipinski definition) is 4. The van der Waals surface area contributed by atoms with Gasteiger partial charge in [0.15, 0.2) is 0 Å². The summed E-state index contributed by atoms with van der Waals surface area (Å²) < 4.78 is 0. The molecule has 100 valence electrons. The zero-order chi connectivity index (χ0) is 12.5. The van der Waals surface area contributed by atoms with Crippen LogP contribution in [-0.4, -0.2) is 73.4 Å². The van der Waals surface area contributed by atoms with Gasteiger partial charge in [0.1, 0.15) is 0 Å². The Bertz CT molecular complexity index is 253. The van der Waals surface area contributed by atoms with E-state index in [2.05, 4.69) is 29.2 Å². The van der Waals surface area contributed by atoms with Gasteiger partial charge in [-0.25, -0.2) is 0 Å². The monoisotopic (exact) mass is 241 g/mol. The van der Waals surface area contributed by atoms with E-state index >= 15 is 0 Å². The Hall–Kier alpha value is -0.160. The molecule has 0 amide bonds. The van der Waals surface area contributed by atoms with E-state index in [0.717, 1.165) is 12.8 Å². The summed E-state index contributed by atoms with van der Waals surface area (Å²) >= 11 is 0. The SMILES string of the molecule is CNC1(CO)CCC(N2CCC(N(C)C)C2)C1. The summed E-state index contributed by atoms with van der Waals surface area (Å²) in [5, 5.41) is 12.9. The summed E-state index contributed by atoms with van der Waals surface area (Å²) in [6.45, 7) is 2.69. The molecule has 1 saturated carbocycles. The topological polar surface area (TPSA) is 38.7 Å². The number of rotatable bonds is 4. The molecule has 3 atom stereocenters. The van der Waals surface area contributed by atoms with Crippen molar-refractivity contribution in [2.24, 2.45) is 0 Å². The predicted molar refractivity (Wildman–Crippen MR) is 70.2 cm³/mol. The third-order valence-corrected chi connectivity index (χ3v) is 4.86. The fourth-order valence-electron chi connectivity index (χ4n) is 3.38. The number of likely N-dealkylation sites (tertiary alicyclic amines) is 1. The molecule has 3 unspecified atom stereocenters. The van der Waals surface area contributed by atoms with Crippen LogP contribution < -0.4 is 5.32 Å². The van der Waals surface area contributed by atoms with Gasteiger partial charge in [-0.3, -0.25) is 4.90 Å². The quantitative estimate of drug-likeness (QED) is 0.734. The number of aliphatic hydroxyl groups excluding tert-OH is 1. The van der Waals surface area contributed by atoms with Crippen molar-refractivity contribution in [3.63, 3.8) is 0 Å². The lowest BCUT2D eigenvalue weighted by molar-refractivity contribution is 0.154. The summed E-state index contributed by atoms with van der Waals surface area (Å²) in [5.41, 5.74) is -0.0130. The van der Waals surface area contributed by atoms with Crippen molar-refractivity contribution < 1.29 is 5.11 Å². The van der Waals surface area contributed by atoms with E-state index in [0.29, 0.717) is 12.1 Å². The highest BCUT2D eigenvalue weighted by Crippen LogP contribution is 2.34. The van der Waals surface area contributed by atoms with E-state index in [-0.39, 0.29) is 12.1 Å². The average Bonchev–Trinajstić information content (AvgIpc) is 2.96.